The fourth-order valence-electron chi connectivity index (χ4n) is 1.28. The second-order valence-electron chi connectivity index (χ2n) is 3.93. The van der Waals surface area contributed by atoms with E-state index in [1.807, 2.05) is 0 Å². The van der Waals surface area contributed by atoms with Crippen molar-refractivity contribution in [1.29, 1.82) is 0 Å². The fraction of sp³-hybridized carbons (Fsp3) is 0.300. The maximum Gasteiger partial charge on any atom is 0.245 e. The summed E-state index contributed by atoms with van der Waals surface area (Å²) in [5, 5.41) is 3.35. The molecule has 2 heterocycles. The molecule has 0 aromatic carbocycles. The molecule has 2 aromatic heterocycles. The van der Waals surface area contributed by atoms with Gasteiger partial charge in [-0.1, -0.05) is 5.16 Å². The largest absolute Gasteiger partial charge is 0.363 e. The fourth-order valence-corrected chi connectivity index (χ4v) is 2.13. The third-order valence-corrected chi connectivity index (χ3v) is 3.61. The van der Waals surface area contributed by atoms with E-state index in [1.165, 1.54) is 0 Å². The van der Waals surface area contributed by atoms with Crippen LogP contribution in [0.4, 0.5) is 5.95 Å². The van der Waals surface area contributed by atoms with Crippen molar-refractivity contribution in [3.8, 4) is 0 Å². The Labute approximate surface area is 110 Å². The van der Waals surface area contributed by atoms with E-state index >= 15 is 0 Å². The van der Waals surface area contributed by atoms with Gasteiger partial charge in [-0.05, 0) is 6.07 Å². The highest BCUT2D eigenvalue weighted by Crippen LogP contribution is 2.08. The van der Waals surface area contributed by atoms with E-state index in [9.17, 15) is 8.42 Å². The van der Waals surface area contributed by atoms with E-state index in [1.54, 1.807) is 31.3 Å². The van der Waals surface area contributed by atoms with Crippen LogP contribution in [0.5, 0.6) is 0 Å². The van der Waals surface area contributed by atoms with Crippen molar-refractivity contribution in [2.45, 2.75) is 11.4 Å². The average Bonchev–Trinajstić information content (AvgIpc) is 2.91. The van der Waals surface area contributed by atoms with Crippen LogP contribution in [0.2, 0.25) is 0 Å². The SMILES string of the molecule is CN(C)c1nccc(CNS(=O)(=O)c2cnoc2)n1. The third-order valence-electron chi connectivity index (χ3n) is 2.26. The van der Waals surface area contributed by atoms with Gasteiger partial charge in [0, 0.05) is 20.3 Å². The van der Waals surface area contributed by atoms with Crippen LogP contribution in [0.25, 0.3) is 0 Å². The average molecular weight is 283 g/mol. The van der Waals surface area contributed by atoms with Gasteiger partial charge in [-0.2, -0.15) is 0 Å². The molecular weight excluding hydrogens is 270 g/mol. The maximum absolute atomic E-state index is 11.8. The molecule has 0 radical (unpaired) electrons. The molecule has 0 spiro atoms. The van der Waals surface area contributed by atoms with Crippen LogP contribution in [0.3, 0.4) is 0 Å². The monoisotopic (exact) mass is 283 g/mol. The molecule has 0 aliphatic carbocycles. The molecule has 0 saturated heterocycles. The highest BCUT2D eigenvalue weighted by atomic mass is 32.2. The molecule has 2 rings (SSSR count). The highest BCUT2D eigenvalue weighted by molar-refractivity contribution is 7.89. The molecule has 2 aromatic rings. The summed E-state index contributed by atoms with van der Waals surface area (Å²) in [7, 11) is -0.0165. The van der Waals surface area contributed by atoms with Gasteiger partial charge in [0.1, 0.15) is 11.2 Å². The van der Waals surface area contributed by atoms with Gasteiger partial charge in [-0.25, -0.2) is 23.1 Å². The zero-order chi connectivity index (χ0) is 13.9. The Morgan fingerprint density at radius 2 is 2.21 bits per heavy atom. The predicted octanol–water partition coefficient (Wildman–Crippen LogP) is 0.00910. The summed E-state index contributed by atoms with van der Waals surface area (Å²) in [6, 6.07) is 1.64. The molecule has 8 nitrogen and oxygen atoms in total. The molecule has 19 heavy (non-hydrogen) atoms. The van der Waals surface area contributed by atoms with Crippen LogP contribution in [0.15, 0.2) is 34.1 Å². The Morgan fingerprint density at radius 3 is 2.84 bits per heavy atom. The van der Waals surface area contributed by atoms with Gasteiger partial charge in [-0.3, -0.25) is 0 Å². The van der Waals surface area contributed by atoms with Crippen LogP contribution < -0.4 is 9.62 Å². The lowest BCUT2D eigenvalue weighted by molar-refractivity contribution is 0.417. The standard InChI is InChI=1S/C10H13N5O3S/c1-15(2)10-11-4-3-8(14-10)5-13-19(16,17)9-6-12-18-7-9/h3-4,6-7,13H,5H2,1-2H3. The summed E-state index contributed by atoms with van der Waals surface area (Å²) in [6.45, 7) is 0.0663. The molecule has 0 fully saturated rings. The Morgan fingerprint density at radius 1 is 1.42 bits per heavy atom. The normalized spacial score (nSPS) is 11.5. The van der Waals surface area contributed by atoms with Crippen molar-refractivity contribution in [2.24, 2.45) is 0 Å². The molecule has 0 aliphatic rings. The first-order valence-corrected chi connectivity index (χ1v) is 6.85. The molecule has 0 bridgehead atoms. The topological polar surface area (TPSA) is 101 Å². The number of rotatable bonds is 5. The lowest BCUT2D eigenvalue weighted by atomic mass is 10.4. The molecule has 0 unspecified atom stereocenters. The van der Waals surface area contributed by atoms with Gasteiger partial charge in [-0.15, -0.1) is 0 Å². The Balaban J connectivity index is 2.09. The molecule has 1 N–H and O–H groups in total. The first kappa shape index (κ1) is 13.4. The summed E-state index contributed by atoms with van der Waals surface area (Å²) in [6.07, 6.45) is 3.77. The summed E-state index contributed by atoms with van der Waals surface area (Å²) in [4.78, 5) is 9.97. The maximum atomic E-state index is 11.8. The zero-order valence-electron chi connectivity index (χ0n) is 10.4. The molecule has 9 heteroatoms. The number of hydrogen-bond acceptors (Lipinski definition) is 7. The third kappa shape index (κ3) is 3.26. The molecule has 0 saturated carbocycles. The summed E-state index contributed by atoms with van der Waals surface area (Å²) in [5.74, 6) is 0.515. The summed E-state index contributed by atoms with van der Waals surface area (Å²) in [5.41, 5.74) is 0.568. The smallest absolute Gasteiger partial charge is 0.245 e. The number of sulfonamides is 1. The molecule has 0 atom stereocenters. The molecule has 102 valence electrons. The zero-order valence-corrected chi connectivity index (χ0v) is 11.3. The molecule has 0 aliphatic heterocycles. The van der Waals surface area contributed by atoms with E-state index in [2.05, 4.69) is 24.4 Å². The summed E-state index contributed by atoms with van der Waals surface area (Å²) >= 11 is 0. The van der Waals surface area contributed by atoms with Crippen LogP contribution in [0, 0.1) is 0 Å². The van der Waals surface area contributed by atoms with Crippen LogP contribution in [-0.4, -0.2) is 37.6 Å². The van der Waals surface area contributed by atoms with Gasteiger partial charge in [0.05, 0.1) is 18.4 Å². The minimum atomic E-state index is -3.63. The first-order chi connectivity index (χ1) is 8.99. The van der Waals surface area contributed by atoms with E-state index in [0.717, 1.165) is 12.5 Å². The Hall–Kier alpha value is -2.00. The van der Waals surface area contributed by atoms with Crippen molar-refractivity contribution >= 4 is 16.0 Å². The van der Waals surface area contributed by atoms with Gasteiger partial charge < -0.3 is 9.42 Å². The van der Waals surface area contributed by atoms with E-state index in [0.29, 0.717) is 11.6 Å². The van der Waals surface area contributed by atoms with E-state index < -0.39 is 10.0 Å². The Bertz CT molecular complexity index is 639. The molecular formula is C10H13N5O3S. The minimum Gasteiger partial charge on any atom is -0.363 e. The van der Waals surface area contributed by atoms with Crippen molar-refractivity contribution in [3.63, 3.8) is 0 Å². The van der Waals surface area contributed by atoms with Crippen molar-refractivity contribution < 1.29 is 12.9 Å². The van der Waals surface area contributed by atoms with Gasteiger partial charge in [0.15, 0.2) is 0 Å². The number of nitrogens with one attached hydrogen (secondary N) is 1. The van der Waals surface area contributed by atoms with Crippen molar-refractivity contribution in [3.05, 3.63) is 30.4 Å². The van der Waals surface area contributed by atoms with Gasteiger partial charge in [0.25, 0.3) is 0 Å². The van der Waals surface area contributed by atoms with Crippen LogP contribution in [0.1, 0.15) is 5.69 Å². The van der Waals surface area contributed by atoms with E-state index in [-0.39, 0.29) is 11.4 Å². The lowest BCUT2D eigenvalue weighted by Crippen LogP contribution is -2.24. The van der Waals surface area contributed by atoms with Crippen LogP contribution >= 0.6 is 0 Å². The van der Waals surface area contributed by atoms with E-state index in [4.69, 9.17) is 0 Å². The van der Waals surface area contributed by atoms with Gasteiger partial charge >= 0.3 is 0 Å². The number of anilines is 1. The lowest BCUT2D eigenvalue weighted by Gasteiger charge is -2.10. The van der Waals surface area contributed by atoms with Crippen LogP contribution in [-0.2, 0) is 16.6 Å². The highest BCUT2D eigenvalue weighted by Gasteiger charge is 2.16. The second-order valence-corrected chi connectivity index (χ2v) is 5.69. The predicted molar refractivity (Wildman–Crippen MR) is 66.9 cm³/mol. The molecule has 0 amide bonds. The van der Waals surface area contributed by atoms with Gasteiger partial charge in [0.2, 0.25) is 16.0 Å². The Kier molecular flexibility index (Phi) is 3.76. The first-order valence-electron chi connectivity index (χ1n) is 5.37. The van der Waals surface area contributed by atoms with Crippen molar-refractivity contribution in [2.75, 3.05) is 19.0 Å². The second kappa shape index (κ2) is 5.33. The minimum absolute atomic E-state index is 0.0191. The van der Waals surface area contributed by atoms with Crippen molar-refractivity contribution in [1.82, 2.24) is 19.8 Å². The summed E-state index contributed by atoms with van der Waals surface area (Å²) < 4.78 is 30.6. The quantitative estimate of drug-likeness (QED) is 0.824. The number of hydrogen-bond donors (Lipinski definition) is 1. The number of aromatic nitrogens is 3. The number of nitrogens with zero attached hydrogens (tertiary/aromatic N) is 4.